The van der Waals surface area contributed by atoms with Gasteiger partial charge in [0.05, 0.1) is 18.2 Å². The highest BCUT2D eigenvalue weighted by molar-refractivity contribution is 5.98. The lowest BCUT2D eigenvalue weighted by Crippen LogP contribution is -2.06. The molecule has 0 aliphatic rings. The molecule has 0 spiro atoms. The molecule has 0 bridgehead atoms. The molecular formula is C22H18N4O2. The number of anilines is 1. The van der Waals surface area contributed by atoms with Crippen LogP contribution < -0.4 is 5.32 Å². The Morgan fingerprint density at radius 1 is 1.04 bits per heavy atom. The van der Waals surface area contributed by atoms with Gasteiger partial charge in [-0.25, -0.2) is 14.8 Å². The van der Waals surface area contributed by atoms with Gasteiger partial charge < -0.3 is 10.1 Å². The average Bonchev–Trinajstić information content (AvgIpc) is 2.77. The maximum absolute atomic E-state index is 11.9. The first-order valence-corrected chi connectivity index (χ1v) is 8.83. The lowest BCUT2D eigenvalue weighted by atomic mass is 10.1. The van der Waals surface area contributed by atoms with Crippen molar-refractivity contribution < 1.29 is 9.53 Å². The van der Waals surface area contributed by atoms with Crippen LogP contribution >= 0.6 is 0 Å². The molecule has 0 unspecified atom stereocenters. The fourth-order valence-corrected chi connectivity index (χ4v) is 2.91. The van der Waals surface area contributed by atoms with Gasteiger partial charge >= 0.3 is 5.97 Å². The van der Waals surface area contributed by atoms with Crippen molar-refractivity contribution in [2.45, 2.75) is 6.54 Å². The van der Waals surface area contributed by atoms with Crippen molar-refractivity contribution in [3.05, 3.63) is 84.2 Å². The lowest BCUT2D eigenvalue weighted by molar-refractivity contribution is 0.0601. The van der Waals surface area contributed by atoms with Crippen LogP contribution in [0.15, 0.2) is 73.1 Å². The summed E-state index contributed by atoms with van der Waals surface area (Å²) in [6.07, 6.45) is 3.44. The van der Waals surface area contributed by atoms with E-state index in [4.69, 9.17) is 9.72 Å². The van der Waals surface area contributed by atoms with Crippen LogP contribution in [-0.4, -0.2) is 28.0 Å². The SMILES string of the molecule is COC(=O)c1ccc2nc(-c3cccnc3)nc(NCc3ccccc3)c2c1. The minimum atomic E-state index is -0.396. The summed E-state index contributed by atoms with van der Waals surface area (Å²) >= 11 is 0. The topological polar surface area (TPSA) is 77.0 Å². The largest absolute Gasteiger partial charge is 0.465 e. The third kappa shape index (κ3) is 3.66. The molecule has 0 fully saturated rings. The number of pyridine rings is 1. The fourth-order valence-electron chi connectivity index (χ4n) is 2.91. The first-order valence-electron chi connectivity index (χ1n) is 8.83. The van der Waals surface area contributed by atoms with Crippen molar-refractivity contribution in [3.63, 3.8) is 0 Å². The number of nitrogens with one attached hydrogen (secondary N) is 1. The molecule has 4 aromatic rings. The molecule has 0 amide bonds. The molecule has 0 saturated carbocycles. The van der Waals surface area contributed by atoms with Crippen LogP contribution in [0.25, 0.3) is 22.3 Å². The van der Waals surface area contributed by atoms with Crippen LogP contribution in [0.4, 0.5) is 5.82 Å². The molecule has 0 aliphatic carbocycles. The smallest absolute Gasteiger partial charge is 0.337 e. The summed E-state index contributed by atoms with van der Waals surface area (Å²) in [5, 5.41) is 4.13. The number of hydrogen-bond acceptors (Lipinski definition) is 6. The second kappa shape index (κ2) is 7.84. The summed E-state index contributed by atoms with van der Waals surface area (Å²) in [4.78, 5) is 25.4. The molecule has 0 radical (unpaired) electrons. The normalized spacial score (nSPS) is 10.6. The van der Waals surface area contributed by atoms with Crippen LogP contribution in [0.2, 0.25) is 0 Å². The zero-order chi connectivity index (χ0) is 19.3. The molecule has 0 saturated heterocycles. The Hall–Kier alpha value is -3.80. The highest BCUT2D eigenvalue weighted by Gasteiger charge is 2.13. The number of carbonyl (C=O) groups excluding carboxylic acids is 1. The van der Waals surface area contributed by atoms with Gasteiger partial charge in [-0.2, -0.15) is 0 Å². The van der Waals surface area contributed by atoms with Gasteiger partial charge in [0.25, 0.3) is 0 Å². The number of nitrogens with zero attached hydrogens (tertiary/aromatic N) is 3. The summed E-state index contributed by atoms with van der Waals surface area (Å²) in [5.74, 6) is 0.827. The number of carbonyl (C=O) groups is 1. The molecule has 2 heterocycles. The highest BCUT2D eigenvalue weighted by atomic mass is 16.5. The van der Waals surface area contributed by atoms with E-state index in [0.717, 1.165) is 22.0 Å². The van der Waals surface area contributed by atoms with E-state index in [1.807, 2.05) is 42.5 Å². The monoisotopic (exact) mass is 370 g/mol. The minimum Gasteiger partial charge on any atom is -0.465 e. The summed E-state index contributed by atoms with van der Waals surface area (Å²) in [6, 6.07) is 19.1. The van der Waals surface area contributed by atoms with Crippen molar-refractivity contribution >= 4 is 22.7 Å². The summed E-state index contributed by atoms with van der Waals surface area (Å²) in [6.45, 7) is 0.599. The quantitative estimate of drug-likeness (QED) is 0.533. The molecule has 6 heteroatoms. The molecular weight excluding hydrogens is 352 g/mol. The van der Waals surface area contributed by atoms with Gasteiger partial charge in [-0.15, -0.1) is 0 Å². The molecule has 0 atom stereocenters. The van der Waals surface area contributed by atoms with E-state index in [9.17, 15) is 4.79 Å². The Balaban J connectivity index is 1.80. The van der Waals surface area contributed by atoms with Crippen LogP contribution in [0.5, 0.6) is 0 Å². The highest BCUT2D eigenvalue weighted by Crippen LogP contribution is 2.26. The van der Waals surface area contributed by atoms with E-state index >= 15 is 0 Å². The molecule has 138 valence electrons. The molecule has 6 nitrogen and oxygen atoms in total. The molecule has 4 rings (SSSR count). The Morgan fingerprint density at radius 2 is 1.89 bits per heavy atom. The van der Waals surface area contributed by atoms with Crippen molar-refractivity contribution in [3.8, 4) is 11.4 Å². The molecule has 1 N–H and O–H groups in total. The second-order valence-corrected chi connectivity index (χ2v) is 6.20. The number of fused-ring (bicyclic) bond motifs is 1. The van der Waals surface area contributed by atoms with Crippen LogP contribution in [0.1, 0.15) is 15.9 Å². The number of methoxy groups -OCH3 is 1. The van der Waals surface area contributed by atoms with Crippen molar-refractivity contribution in [2.75, 3.05) is 12.4 Å². The summed E-state index contributed by atoms with van der Waals surface area (Å²) in [7, 11) is 1.36. The van der Waals surface area contributed by atoms with Gasteiger partial charge in [-0.1, -0.05) is 30.3 Å². The Morgan fingerprint density at radius 3 is 2.64 bits per heavy atom. The van der Waals surface area contributed by atoms with Gasteiger partial charge in [0.1, 0.15) is 5.82 Å². The molecule has 28 heavy (non-hydrogen) atoms. The predicted octanol–water partition coefficient (Wildman–Crippen LogP) is 4.09. The predicted molar refractivity (Wildman–Crippen MR) is 108 cm³/mol. The van der Waals surface area contributed by atoms with Gasteiger partial charge in [-0.3, -0.25) is 4.98 Å². The number of aromatic nitrogens is 3. The van der Waals surface area contributed by atoms with Crippen LogP contribution in [0.3, 0.4) is 0 Å². The number of hydrogen-bond donors (Lipinski definition) is 1. The van der Waals surface area contributed by atoms with E-state index in [1.165, 1.54) is 7.11 Å². The van der Waals surface area contributed by atoms with Gasteiger partial charge in [0.2, 0.25) is 0 Å². The molecule has 0 aliphatic heterocycles. The van der Waals surface area contributed by atoms with E-state index < -0.39 is 5.97 Å². The van der Waals surface area contributed by atoms with Gasteiger partial charge in [0, 0.05) is 29.9 Å². The van der Waals surface area contributed by atoms with Crippen molar-refractivity contribution in [1.82, 2.24) is 15.0 Å². The number of rotatable bonds is 5. The lowest BCUT2D eigenvalue weighted by Gasteiger charge is -2.12. The summed E-state index contributed by atoms with van der Waals surface area (Å²) in [5.41, 5.74) is 3.14. The van der Waals surface area contributed by atoms with E-state index in [1.54, 1.807) is 30.6 Å². The molecule has 2 aromatic heterocycles. The second-order valence-electron chi connectivity index (χ2n) is 6.20. The van der Waals surface area contributed by atoms with Crippen LogP contribution in [-0.2, 0) is 11.3 Å². The first-order chi connectivity index (χ1) is 13.7. The van der Waals surface area contributed by atoms with Crippen molar-refractivity contribution in [2.24, 2.45) is 0 Å². The van der Waals surface area contributed by atoms with Crippen LogP contribution in [0, 0.1) is 0 Å². The Bertz CT molecular complexity index is 1120. The number of benzene rings is 2. The standard InChI is InChI=1S/C22H18N4O2/c1-28-22(27)16-9-10-19-18(12-16)21(24-13-15-6-3-2-4-7-15)26-20(25-19)17-8-5-11-23-14-17/h2-12,14H,13H2,1H3,(H,24,25,26). The third-order valence-corrected chi connectivity index (χ3v) is 4.34. The van der Waals surface area contributed by atoms with E-state index in [0.29, 0.717) is 23.8 Å². The molecule has 2 aromatic carbocycles. The zero-order valence-corrected chi connectivity index (χ0v) is 15.3. The van der Waals surface area contributed by atoms with Gasteiger partial charge in [-0.05, 0) is 35.9 Å². The number of ether oxygens (including phenoxy) is 1. The summed E-state index contributed by atoms with van der Waals surface area (Å²) < 4.78 is 4.84. The van der Waals surface area contributed by atoms with Gasteiger partial charge in [0.15, 0.2) is 5.82 Å². The maximum Gasteiger partial charge on any atom is 0.337 e. The third-order valence-electron chi connectivity index (χ3n) is 4.34. The first kappa shape index (κ1) is 17.6. The Kier molecular flexibility index (Phi) is 4.93. The Labute approximate surface area is 162 Å². The van der Waals surface area contributed by atoms with Crippen molar-refractivity contribution in [1.29, 1.82) is 0 Å². The van der Waals surface area contributed by atoms with E-state index in [-0.39, 0.29) is 0 Å². The average molecular weight is 370 g/mol. The van der Waals surface area contributed by atoms with E-state index in [2.05, 4.69) is 15.3 Å². The fraction of sp³-hybridized carbons (Fsp3) is 0.0909. The number of esters is 1. The zero-order valence-electron chi connectivity index (χ0n) is 15.3. The minimum absolute atomic E-state index is 0.396. The maximum atomic E-state index is 11.9.